The quantitative estimate of drug-likeness (QED) is 0.224. The first-order chi connectivity index (χ1) is 26.6. The molecule has 5 rings (SSSR count). The van der Waals surface area contributed by atoms with Gasteiger partial charge in [-0.2, -0.15) is 0 Å². The Balaban J connectivity index is 1.55. The molecule has 0 saturated carbocycles. The van der Waals surface area contributed by atoms with Crippen LogP contribution in [0.25, 0.3) is 0 Å². The van der Waals surface area contributed by atoms with Crippen molar-refractivity contribution in [1.29, 1.82) is 0 Å². The summed E-state index contributed by atoms with van der Waals surface area (Å²) >= 11 is 6.15. The molecular weight excluding hydrogens is 758 g/mol. The van der Waals surface area contributed by atoms with Gasteiger partial charge in [-0.25, -0.2) is 0 Å². The number of hydrogen-bond donors (Lipinski definition) is 4. The summed E-state index contributed by atoms with van der Waals surface area (Å²) in [4.78, 5) is 16.5. The summed E-state index contributed by atoms with van der Waals surface area (Å²) in [6.07, 6.45) is -7.91. The van der Waals surface area contributed by atoms with Crippen molar-refractivity contribution >= 4 is 17.6 Å². The van der Waals surface area contributed by atoms with Gasteiger partial charge in [0.1, 0.15) is 23.9 Å². The molecule has 4 fully saturated rings. The Kier molecular flexibility index (Phi) is 14.9. The summed E-state index contributed by atoms with van der Waals surface area (Å²) in [6.45, 7) is 18.9. The van der Waals surface area contributed by atoms with Crippen LogP contribution in [0.4, 0.5) is 0 Å². The topological polar surface area (TPSA) is 166 Å². The van der Waals surface area contributed by atoms with E-state index in [0.717, 1.165) is 5.56 Å². The van der Waals surface area contributed by atoms with Crippen molar-refractivity contribution in [1.82, 2.24) is 4.90 Å². The third-order valence-electron chi connectivity index (χ3n) is 13.6. The number of aliphatic hydroxyl groups is 4. The number of nitrogens with zero attached hydrogens (tertiary/aromatic N) is 1. The van der Waals surface area contributed by atoms with Crippen LogP contribution in [-0.2, 0) is 44.5 Å². The van der Waals surface area contributed by atoms with E-state index < -0.39 is 102 Å². The second kappa shape index (κ2) is 18.3. The molecule has 1 aromatic carbocycles. The Morgan fingerprint density at radius 1 is 1.02 bits per heavy atom. The Labute approximate surface area is 344 Å². The molecule has 4 aliphatic heterocycles. The number of ether oxygens (including phenoxy) is 7. The van der Waals surface area contributed by atoms with Crippen LogP contribution in [-0.4, -0.2) is 136 Å². The molecule has 13 nitrogen and oxygen atoms in total. The first kappa shape index (κ1) is 46.6. The highest BCUT2D eigenvalue weighted by Gasteiger charge is 2.59. The Morgan fingerprint density at radius 3 is 2.28 bits per heavy atom. The average Bonchev–Trinajstić information content (AvgIpc) is 3.48. The normalized spacial score (nSPS) is 44.9. The van der Waals surface area contributed by atoms with Gasteiger partial charge >= 0.3 is 5.97 Å². The maximum absolute atomic E-state index is 14.4. The van der Waals surface area contributed by atoms with Crippen molar-refractivity contribution in [2.45, 2.75) is 192 Å². The molecule has 0 aliphatic carbocycles. The Morgan fingerprint density at radius 2 is 1.67 bits per heavy atom. The summed E-state index contributed by atoms with van der Waals surface area (Å²) < 4.78 is 45.6. The van der Waals surface area contributed by atoms with Crippen molar-refractivity contribution in [3.63, 3.8) is 0 Å². The number of carbonyl (C=O) groups excluding carboxylic acids is 1. The molecule has 7 unspecified atom stereocenters. The van der Waals surface area contributed by atoms with Gasteiger partial charge in [-0.05, 0) is 91.5 Å². The number of rotatable bonds is 11. The predicted octanol–water partition coefficient (Wildman–Crippen LogP) is 4.85. The standard InChI is InChI=1S/C43H70ClNO12/c1-13-31(46)43(10,50)38-24(4)34-22(2)19-42(9,57-34)37(56-40-33(47)30(18-23(3)52-40)45(11)21-28-14-16-29(44)17-15-28)25(5)35(26(6)39(49)55-38)54-32-20-41(8,51-12)36(48)27(7)53-32/h14-17,22-27,30-38,40,46-48,50H,13,18-21H2,1-12H3/t22?,23?,24-,25-,26+,27?,30?,31+,32-,33?,34?,35-,36-,37-,38+,40-,41?,42+,43+/m0/s1. The Hall–Kier alpha value is -1.46. The molecule has 0 aromatic heterocycles. The van der Waals surface area contributed by atoms with E-state index in [2.05, 4.69) is 11.8 Å². The van der Waals surface area contributed by atoms with Crippen LogP contribution in [0.3, 0.4) is 0 Å². The minimum absolute atomic E-state index is 0.0869. The van der Waals surface area contributed by atoms with Gasteiger partial charge in [-0.3, -0.25) is 9.69 Å². The third kappa shape index (κ3) is 9.71. The lowest BCUT2D eigenvalue weighted by Crippen LogP contribution is -2.60. The highest BCUT2D eigenvalue weighted by Crippen LogP contribution is 2.48. The first-order valence-electron chi connectivity index (χ1n) is 20.8. The molecular formula is C43H70ClNO12. The summed E-state index contributed by atoms with van der Waals surface area (Å²) in [7, 11) is 3.50. The number of carbonyl (C=O) groups is 1. The maximum Gasteiger partial charge on any atom is 0.311 e. The van der Waals surface area contributed by atoms with Gasteiger partial charge in [0.25, 0.3) is 0 Å². The number of esters is 1. The third-order valence-corrected chi connectivity index (χ3v) is 13.9. The van der Waals surface area contributed by atoms with E-state index in [-0.39, 0.29) is 30.9 Å². The predicted molar refractivity (Wildman–Crippen MR) is 213 cm³/mol. The molecule has 0 amide bonds. The zero-order valence-electron chi connectivity index (χ0n) is 36.0. The van der Waals surface area contributed by atoms with Crippen molar-refractivity contribution in [3.05, 3.63) is 34.9 Å². The lowest BCUT2D eigenvalue weighted by atomic mass is 9.76. The molecule has 19 atom stereocenters. The fourth-order valence-electron chi connectivity index (χ4n) is 10.1. The van der Waals surface area contributed by atoms with Gasteiger partial charge in [0.2, 0.25) is 0 Å². The summed E-state index contributed by atoms with van der Waals surface area (Å²) in [5.41, 5.74) is -2.76. The number of fused-ring (bicyclic) bond motifs is 2. The molecule has 4 saturated heterocycles. The lowest BCUT2D eigenvalue weighted by Gasteiger charge is -2.48. The van der Waals surface area contributed by atoms with Crippen molar-refractivity contribution < 1.29 is 58.4 Å². The molecule has 0 spiro atoms. The number of benzene rings is 1. The number of likely N-dealkylation sites (N-methyl/N-ethyl adjacent to an activating group) is 1. The number of hydrogen-bond acceptors (Lipinski definition) is 13. The summed E-state index contributed by atoms with van der Waals surface area (Å²) in [5, 5.41) is 46.7. The zero-order chi connectivity index (χ0) is 42.4. The van der Waals surface area contributed by atoms with Crippen LogP contribution in [0, 0.1) is 23.7 Å². The first-order valence-corrected chi connectivity index (χ1v) is 21.2. The highest BCUT2D eigenvalue weighted by atomic mass is 35.5. The monoisotopic (exact) mass is 827 g/mol. The maximum atomic E-state index is 14.4. The van der Waals surface area contributed by atoms with Gasteiger partial charge in [0, 0.05) is 43.0 Å². The summed E-state index contributed by atoms with van der Waals surface area (Å²) in [5.74, 6) is -2.81. The smallest absolute Gasteiger partial charge is 0.311 e. The van der Waals surface area contributed by atoms with Crippen molar-refractivity contribution in [3.8, 4) is 0 Å². The minimum Gasteiger partial charge on any atom is -0.459 e. The summed E-state index contributed by atoms with van der Waals surface area (Å²) in [6, 6.07) is 7.31. The van der Waals surface area contributed by atoms with Gasteiger partial charge in [-0.15, -0.1) is 0 Å². The number of aliphatic hydroxyl groups excluding tert-OH is 3. The molecule has 2 bridgehead atoms. The van der Waals surface area contributed by atoms with E-state index in [0.29, 0.717) is 24.4 Å². The lowest BCUT2D eigenvalue weighted by molar-refractivity contribution is -0.318. The Bertz CT molecular complexity index is 1490. The molecule has 4 aliphatic rings. The van der Waals surface area contributed by atoms with Crippen molar-refractivity contribution in [2.24, 2.45) is 23.7 Å². The number of halogens is 1. The molecule has 14 heteroatoms. The van der Waals surface area contributed by atoms with Crippen LogP contribution in [0.1, 0.15) is 100 Å². The van der Waals surface area contributed by atoms with Crippen molar-refractivity contribution in [2.75, 3.05) is 14.2 Å². The average molecular weight is 828 g/mol. The molecule has 0 radical (unpaired) electrons. The fourth-order valence-corrected chi connectivity index (χ4v) is 10.2. The molecule has 4 heterocycles. The van der Waals surface area contributed by atoms with Crippen LogP contribution in [0.5, 0.6) is 0 Å². The molecule has 326 valence electrons. The van der Waals surface area contributed by atoms with E-state index in [4.69, 9.17) is 44.8 Å². The highest BCUT2D eigenvalue weighted by molar-refractivity contribution is 6.30. The number of methoxy groups -OCH3 is 1. The largest absolute Gasteiger partial charge is 0.459 e. The van der Waals surface area contributed by atoms with E-state index in [1.807, 2.05) is 59.0 Å². The number of cyclic esters (lactones) is 1. The molecule has 1 aromatic rings. The zero-order valence-corrected chi connectivity index (χ0v) is 36.7. The van der Waals surface area contributed by atoms with E-state index >= 15 is 0 Å². The minimum atomic E-state index is -1.81. The van der Waals surface area contributed by atoms with Crippen LogP contribution >= 0.6 is 11.6 Å². The SMILES string of the molecule is CC[C@@H](O)[C@@](C)(O)[C@@H]1OC(=O)[C@H](C)[C@@H](O[C@H]2CC(C)(OC)[C@@H](O)C(C)O2)[C@H](C)[C@H](O[C@@H]2OC(C)CC(N(C)Cc3ccc(Cl)cc3)C2O)[C@@]2(C)CC(C)C(O2)[C@@H]1C. The van der Waals surface area contributed by atoms with Gasteiger partial charge in [-0.1, -0.05) is 51.4 Å². The van der Waals surface area contributed by atoms with Crippen LogP contribution in [0.2, 0.25) is 5.02 Å². The van der Waals surface area contributed by atoms with Gasteiger partial charge < -0.3 is 53.6 Å². The van der Waals surface area contributed by atoms with Crippen LogP contribution in [0.15, 0.2) is 24.3 Å². The van der Waals surface area contributed by atoms with E-state index in [1.165, 1.54) is 14.0 Å². The van der Waals surface area contributed by atoms with Gasteiger partial charge in [0.15, 0.2) is 12.6 Å². The fraction of sp³-hybridized carbons (Fsp3) is 0.837. The second-order valence-electron chi connectivity index (χ2n) is 18.3. The molecule has 4 N–H and O–H groups in total. The van der Waals surface area contributed by atoms with Gasteiger partial charge in [0.05, 0.1) is 53.7 Å². The second-order valence-corrected chi connectivity index (χ2v) is 18.8. The van der Waals surface area contributed by atoms with E-state index in [9.17, 15) is 25.2 Å². The van der Waals surface area contributed by atoms with E-state index in [1.54, 1.807) is 27.7 Å². The molecule has 57 heavy (non-hydrogen) atoms. The van der Waals surface area contributed by atoms with Crippen LogP contribution < -0.4 is 0 Å².